The Morgan fingerprint density at radius 2 is 1.95 bits per heavy atom. The summed E-state index contributed by atoms with van der Waals surface area (Å²) < 4.78 is 0. The van der Waals surface area contributed by atoms with Crippen LogP contribution in [0, 0.1) is 6.92 Å². The standard InChI is InChI=1S/C16H22N2O3/c1-9-14-12(3-2-4-13(14)20)18-15(9)16(21)17-10-5-7-11(19)8-6-10/h10-11,18-19H,2-8H2,1H3,(H,17,21). The maximum atomic E-state index is 12.4. The maximum Gasteiger partial charge on any atom is 0.268 e. The Balaban J connectivity index is 1.75. The zero-order valence-electron chi connectivity index (χ0n) is 12.4. The monoisotopic (exact) mass is 290 g/mol. The van der Waals surface area contributed by atoms with E-state index in [0.29, 0.717) is 12.1 Å². The van der Waals surface area contributed by atoms with Gasteiger partial charge in [-0.2, -0.15) is 0 Å². The van der Waals surface area contributed by atoms with Gasteiger partial charge in [-0.05, 0) is 51.0 Å². The average molecular weight is 290 g/mol. The SMILES string of the molecule is Cc1c(C(=O)NC2CCC(O)CC2)[nH]c2c1C(=O)CCC2. The second-order valence-electron chi connectivity index (χ2n) is 6.23. The normalized spacial score (nSPS) is 25.5. The van der Waals surface area contributed by atoms with E-state index < -0.39 is 0 Å². The molecule has 0 spiro atoms. The molecule has 0 atom stereocenters. The van der Waals surface area contributed by atoms with Gasteiger partial charge in [0.1, 0.15) is 5.69 Å². The molecule has 0 unspecified atom stereocenters. The summed E-state index contributed by atoms with van der Waals surface area (Å²) in [6, 6.07) is 0.122. The van der Waals surface area contributed by atoms with Crippen molar-refractivity contribution >= 4 is 11.7 Å². The van der Waals surface area contributed by atoms with Crippen molar-refractivity contribution in [1.82, 2.24) is 10.3 Å². The zero-order chi connectivity index (χ0) is 15.0. The predicted molar refractivity (Wildman–Crippen MR) is 78.5 cm³/mol. The number of carbonyl (C=O) groups is 2. The van der Waals surface area contributed by atoms with Crippen molar-refractivity contribution in [2.75, 3.05) is 0 Å². The molecule has 0 radical (unpaired) electrons. The van der Waals surface area contributed by atoms with Crippen molar-refractivity contribution in [1.29, 1.82) is 0 Å². The molecule has 3 rings (SSSR count). The Labute approximate surface area is 124 Å². The fourth-order valence-corrected chi connectivity index (χ4v) is 3.48. The number of aromatic nitrogens is 1. The Morgan fingerprint density at radius 3 is 2.62 bits per heavy atom. The molecule has 0 aromatic carbocycles. The first kappa shape index (κ1) is 14.3. The molecule has 3 N–H and O–H groups in total. The van der Waals surface area contributed by atoms with E-state index in [1.165, 1.54) is 0 Å². The van der Waals surface area contributed by atoms with E-state index in [1.807, 2.05) is 6.92 Å². The van der Waals surface area contributed by atoms with E-state index in [4.69, 9.17) is 0 Å². The molecule has 114 valence electrons. The minimum atomic E-state index is -0.227. The predicted octanol–water partition coefficient (Wildman–Crippen LogP) is 1.88. The molecule has 21 heavy (non-hydrogen) atoms. The lowest BCUT2D eigenvalue weighted by molar-refractivity contribution is 0.0863. The number of rotatable bonds is 2. The molecular weight excluding hydrogens is 268 g/mol. The van der Waals surface area contributed by atoms with Crippen LogP contribution in [0.3, 0.4) is 0 Å². The van der Waals surface area contributed by atoms with Crippen LogP contribution in [0.5, 0.6) is 0 Å². The van der Waals surface area contributed by atoms with E-state index in [2.05, 4.69) is 10.3 Å². The fraction of sp³-hybridized carbons (Fsp3) is 0.625. The highest BCUT2D eigenvalue weighted by atomic mass is 16.3. The Bertz CT molecular complexity index is 568. The number of aliphatic hydroxyl groups excluding tert-OH is 1. The highest BCUT2D eigenvalue weighted by molar-refractivity contribution is 6.04. The van der Waals surface area contributed by atoms with E-state index in [-0.39, 0.29) is 23.8 Å². The van der Waals surface area contributed by atoms with Gasteiger partial charge >= 0.3 is 0 Å². The minimum absolute atomic E-state index is 0.122. The summed E-state index contributed by atoms with van der Waals surface area (Å²) >= 11 is 0. The highest BCUT2D eigenvalue weighted by Crippen LogP contribution is 2.27. The maximum absolute atomic E-state index is 12.4. The molecule has 5 nitrogen and oxygen atoms in total. The van der Waals surface area contributed by atoms with Crippen LogP contribution in [0.25, 0.3) is 0 Å². The molecule has 1 heterocycles. The van der Waals surface area contributed by atoms with Gasteiger partial charge in [0.05, 0.1) is 6.10 Å². The van der Waals surface area contributed by atoms with Gasteiger partial charge in [-0.1, -0.05) is 0 Å². The number of H-pyrrole nitrogens is 1. The molecule has 2 aliphatic carbocycles. The Morgan fingerprint density at radius 1 is 1.24 bits per heavy atom. The van der Waals surface area contributed by atoms with Gasteiger partial charge in [0.15, 0.2) is 5.78 Å². The number of carbonyl (C=O) groups excluding carboxylic acids is 2. The number of aryl methyl sites for hydroxylation is 1. The third kappa shape index (κ3) is 2.75. The lowest BCUT2D eigenvalue weighted by Gasteiger charge is -2.26. The smallest absolute Gasteiger partial charge is 0.268 e. The third-order valence-corrected chi connectivity index (χ3v) is 4.70. The van der Waals surface area contributed by atoms with Crippen LogP contribution >= 0.6 is 0 Å². The Hall–Kier alpha value is -1.62. The molecule has 1 aromatic rings. The van der Waals surface area contributed by atoms with Crippen molar-refractivity contribution < 1.29 is 14.7 Å². The summed E-state index contributed by atoms with van der Waals surface area (Å²) in [5.74, 6) is 0.0147. The molecule has 5 heteroatoms. The van der Waals surface area contributed by atoms with E-state index in [0.717, 1.165) is 55.3 Å². The van der Waals surface area contributed by atoms with Crippen LogP contribution in [0.4, 0.5) is 0 Å². The van der Waals surface area contributed by atoms with E-state index in [9.17, 15) is 14.7 Å². The van der Waals surface area contributed by atoms with Crippen LogP contribution in [-0.2, 0) is 6.42 Å². The summed E-state index contributed by atoms with van der Waals surface area (Å²) in [5.41, 5.74) is 2.95. The quantitative estimate of drug-likeness (QED) is 0.777. The number of aliphatic hydroxyl groups is 1. The van der Waals surface area contributed by atoms with E-state index in [1.54, 1.807) is 0 Å². The molecular formula is C16H22N2O3. The van der Waals surface area contributed by atoms with Crippen LogP contribution in [-0.4, -0.2) is 33.9 Å². The summed E-state index contributed by atoms with van der Waals surface area (Å²) in [6.07, 6.45) is 5.14. The number of ketones is 1. The topological polar surface area (TPSA) is 82.2 Å². The number of fused-ring (bicyclic) bond motifs is 1. The largest absolute Gasteiger partial charge is 0.393 e. The Kier molecular flexibility index (Phi) is 3.85. The van der Waals surface area contributed by atoms with Crippen molar-refractivity contribution in [3.63, 3.8) is 0 Å². The molecule has 1 aromatic heterocycles. The van der Waals surface area contributed by atoms with Gasteiger partial charge in [0.2, 0.25) is 0 Å². The molecule has 1 saturated carbocycles. The summed E-state index contributed by atoms with van der Waals surface area (Å²) in [5, 5.41) is 12.5. The lowest BCUT2D eigenvalue weighted by atomic mass is 9.92. The van der Waals surface area contributed by atoms with Crippen LogP contribution in [0.1, 0.15) is 70.6 Å². The first-order chi connectivity index (χ1) is 10.1. The van der Waals surface area contributed by atoms with Gasteiger partial charge < -0.3 is 15.4 Å². The molecule has 0 bridgehead atoms. The fourth-order valence-electron chi connectivity index (χ4n) is 3.48. The van der Waals surface area contributed by atoms with Crippen molar-refractivity contribution in [2.45, 2.75) is 64.0 Å². The second kappa shape index (κ2) is 5.64. The van der Waals surface area contributed by atoms with Gasteiger partial charge in [-0.25, -0.2) is 0 Å². The molecule has 0 aliphatic heterocycles. The lowest BCUT2D eigenvalue weighted by Crippen LogP contribution is -2.39. The first-order valence-electron chi connectivity index (χ1n) is 7.80. The highest BCUT2D eigenvalue weighted by Gasteiger charge is 2.28. The van der Waals surface area contributed by atoms with Crippen molar-refractivity contribution in [3.05, 3.63) is 22.5 Å². The van der Waals surface area contributed by atoms with E-state index >= 15 is 0 Å². The molecule has 0 saturated heterocycles. The van der Waals surface area contributed by atoms with Crippen molar-refractivity contribution in [2.24, 2.45) is 0 Å². The zero-order valence-corrected chi connectivity index (χ0v) is 12.4. The number of nitrogens with one attached hydrogen (secondary N) is 2. The minimum Gasteiger partial charge on any atom is -0.393 e. The van der Waals surface area contributed by atoms with Gasteiger partial charge in [0, 0.05) is 23.7 Å². The van der Waals surface area contributed by atoms with Crippen LogP contribution in [0.15, 0.2) is 0 Å². The van der Waals surface area contributed by atoms with Gasteiger partial charge in [0.25, 0.3) is 5.91 Å². The summed E-state index contributed by atoms with van der Waals surface area (Å²) in [6.45, 7) is 1.85. The number of hydrogen-bond donors (Lipinski definition) is 3. The molecule has 1 amide bonds. The number of amides is 1. The summed E-state index contributed by atoms with van der Waals surface area (Å²) in [7, 11) is 0. The van der Waals surface area contributed by atoms with Gasteiger partial charge in [-0.15, -0.1) is 0 Å². The molecule has 1 fully saturated rings. The first-order valence-corrected chi connectivity index (χ1v) is 7.80. The number of aromatic amines is 1. The van der Waals surface area contributed by atoms with Crippen LogP contribution in [0.2, 0.25) is 0 Å². The third-order valence-electron chi connectivity index (χ3n) is 4.70. The van der Waals surface area contributed by atoms with Crippen molar-refractivity contribution in [3.8, 4) is 0 Å². The molecule has 2 aliphatic rings. The number of Topliss-reactive ketones (excluding diaryl/α,β-unsaturated/α-hetero) is 1. The summed E-state index contributed by atoms with van der Waals surface area (Å²) in [4.78, 5) is 27.6. The average Bonchev–Trinajstić information content (AvgIpc) is 2.80. The second-order valence-corrected chi connectivity index (χ2v) is 6.23. The van der Waals surface area contributed by atoms with Crippen LogP contribution < -0.4 is 5.32 Å². The number of hydrogen-bond acceptors (Lipinski definition) is 3. The van der Waals surface area contributed by atoms with Gasteiger partial charge in [-0.3, -0.25) is 9.59 Å².